The molecule has 0 heterocycles. The number of aliphatic hydroxyl groups is 2. The van der Waals surface area contributed by atoms with Crippen LogP contribution in [0.1, 0.15) is 36.8 Å². The Morgan fingerprint density at radius 3 is 1.38 bits per heavy atom. The molecule has 2 unspecified atom stereocenters. The fourth-order valence-corrected chi connectivity index (χ4v) is 4.26. The summed E-state index contributed by atoms with van der Waals surface area (Å²) >= 11 is 11.8. The maximum Gasteiger partial charge on any atom is 0.0897 e. The molecule has 188 valence electrons. The third-order valence-electron chi connectivity index (χ3n) is 6.00. The minimum absolute atomic E-state index is 0.296. The minimum atomic E-state index is -0.536. The molecule has 0 aromatic heterocycles. The van der Waals surface area contributed by atoms with Crippen LogP contribution in [0.4, 0.5) is 0 Å². The molecular formula is C26H36Cl2N2O4. The van der Waals surface area contributed by atoms with Crippen LogP contribution < -0.4 is 10.6 Å². The first-order valence-electron chi connectivity index (χ1n) is 11.9. The lowest BCUT2D eigenvalue weighted by molar-refractivity contribution is 0.0250. The summed E-state index contributed by atoms with van der Waals surface area (Å²) in [5.74, 6) is 0. The van der Waals surface area contributed by atoms with E-state index in [2.05, 4.69) is 10.6 Å². The Bertz CT molecular complexity index is 745. The molecule has 34 heavy (non-hydrogen) atoms. The number of aliphatic hydroxyl groups excluding tert-OH is 2. The van der Waals surface area contributed by atoms with Crippen molar-refractivity contribution in [3.63, 3.8) is 0 Å². The fourth-order valence-electron chi connectivity index (χ4n) is 4.01. The van der Waals surface area contributed by atoms with E-state index in [1.165, 1.54) is 0 Å². The summed E-state index contributed by atoms with van der Waals surface area (Å²) < 4.78 is 11.2. The van der Waals surface area contributed by atoms with Crippen molar-refractivity contribution in [1.82, 2.24) is 10.6 Å². The molecule has 1 aliphatic rings. The maximum atomic E-state index is 10.2. The minimum Gasteiger partial charge on any atom is -0.389 e. The van der Waals surface area contributed by atoms with Crippen molar-refractivity contribution in [3.8, 4) is 0 Å². The van der Waals surface area contributed by atoms with E-state index in [0.29, 0.717) is 61.6 Å². The van der Waals surface area contributed by atoms with Crippen LogP contribution in [0, 0.1) is 0 Å². The van der Waals surface area contributed by atoms with Crippen LogP contribution in [0.5, 0.6) is 0 Å². The molecule has 0 aliphatic heterocycles. The van der Waals surface area contributed by atoms with E-state index in [1.54, 1.807) is 0 Å². The molecule has 8 heteroatoms. The Labute approximate surface area is 212 Å². The van der Waals surface area contributed by atoms with Crippen molar-refractivity contribution in [2.75, 3.05) is 26.3 Å². The average Bonchev–Trinajstić information content (AvgIpc) is 2.84. The Balaban J connectivity index is 1.19. The van der Waals surface area contributed by atoms with Gasteiger partial charge in [-0.3, -0.25) is 0 Å². The third kappa shape index (κ3) is 10.6. The molecule has 6 nitrogen and oxygen atoms in total. The zero-order valence-corrected chi connectivity index (χ0v) is 21.0. The number of nitrogens with one attached hydrogen (secondary N) is 2. The van der Waals surface area contributed by atoms with Gasteiger partial charge in [-0.2, -0.15) is 0 Å². The smallest absolute Gasteiger partial charge is 0.0897 e. The van der Waals surface area contributed by atoms with Crippen LogP contribution in [0.2, 0.25) is 10.0 Å². The van der Waals surface area contributed by atoms with Gasteiger partial charge in [0.25, 0.3) is 0 Å². The summed E-state index contributed by atoms with van der Waals surface area (Å²) in [7, 11) is 0. The van der Waals surface area contributed by atoms with E-state index in [4.69, 9.17) is 32.7 Å². The first kappa shape index (κ1) is 27.4. The van der Waals surface area contributed by atoms with Gasteiger partial charge in [0.05, 0.1) is 38.6 Å². The van der Waals surface area contributed by atoms with Crippen LogP contribution in [0.3, 0.4) is 0 Å². The van der Waals surface area contributed by atoms with Gasteiger partial charge in [0.2, 0.25) is 0 Å². The van der Waals surface area contributed by atoms with Gasteiger partial charge < -0.3 is 30.3 Å². The topological polar surface area (TPSA) is 83.0 Å². The molecule has 2 aromatic carbocycles. The molecule has 0 spiro atoms. The zero-order valence-electron chi connectivity index (χ0n) is 19.5. The van der Waals surface area contributed by atoms with Gasteiger partial charge in [0.15, 0.2) is 0 Å². The van der Waals surface area contributed by atoms with Crippen LogP contribution >= 0.6 is 23.2 Å². The first-order chi connectivity index (χ1) is 16.5. The van der Waals surface area contributed by atoms with Crippen molar-refractivity contribution in [3.05, 3.63) is 69.7 Å². The van der Waals surface area contributed by atoms with Gasteiger partial charge in [-0.15, -0.1) is 0 Å². The van der Waals surface area contributed by atoms with Crippen molar-refractivity contribution in [1.29, 1.82) is 0 Å². The Morgan fingerprint density at radius 1 is 0.676 bits per heavy atom. The second kappa shape index (κ2) is 15.0. The molecule has 1 fully saturated rings. The average molecular weight is 511 g/mol. The lowest BCUT2D eigenvalue weighted by Gasteiger charge is -2.31. The van der Waals surface area contributed by atoms with Crippen LogP contribution in [-0.4, -0.2) is 60.8 Å². The van der Waals surface area contributed by atoms with Crippen LogP contribution in [0.25, 0.3) is 0 Å². The first-order valence-corrected chi connectivity index (χ1v) is 12.7. The molecule has 2 aromatic rings. The highest BCUT2D eigenvalue weighted by Crippen LogP contribution is 2.19. The predicted molar refractivity (Wildman–Crippen MR) is 136 cm³/mol. The van der Waals surface area contributed by atoms with Crippen molar-refractivity contribution in [2.45, 2.75) is 63.2 Å². The zero-order chi connectivity index (χ0) is 24.2. The number of hydrogen-bond donors (Lipinski definition) is 4. The third-order valence-corrected chi connectivity index (χ3v) is 6.50. The van der Waals surface area contributed by atoms with Crippen LogP contribution in [-0.2, 0) is 22.7 Å². The van der Waals surface area contributed by atoms with E-state index < -0.39 is 12.2 Å². The fraction of sp³-hybridized carbons (Fsp3) is 0.538. The second-order valence-corrected chi connectivity index (χ2v) is 9.83. The summed E-state index contributed by atoms with van der Waals surface area (Å²) in [5.41, 5.74) is 2.07. The summed E-state index contributed by atoms with van der Waals surface area (Å²) in [4.78, 5) is 0. The van der Waals surface area contributed by atoms with E-state index >= 15 is 0 Å². The molecule has 1 saturated carbocycles. The molecule has 4 N–H and O–H groups in total. The lowest BCUT2D eigenvalue weighted by atomic mass is 9.91. The standard InChI is InChI=1S/C26H36Cl2N2O4/c27-21-5-1-19(2-6-21)15-33-17-25(31)13-29-23-9-11-24(12-10-23)30-14-26(32)18-34-16-20-3-7-22(28)8-4-20/h1-8,23-26,29-32H,9-18H2. The van der Waals surface area contributed by atoms with Gasteiger partial charge in [0.1, 0.15) is 0 Å². The summed E-state index contributed by atoms with van der Waals surface area (Å²) in [6.07, 6.45) is 3.09. The van der Waals surface area contributed by atoms with Crippen molar-refractivity contribution in [2.24, 2.45) is 0 Å². The Hall–Kier alpha value is -1.22. The van der Waals surface area contributed by atoms with Crippen molar-refractivity contribution >= 4 is 23.2 Å². The van der Waals surface area contributed by atoms with Gasteiger partial charge in [0, 0.05) is 35.2 Å². The monoisotopic (exact) mass is 510 g/mol. The molecule has 0 amide bonds. The number of rotatable bonds is 14. The van der Waals surface area contributed by atoms with Gasteiger partial charge in [-0.25, -0.2) is 0 Å². The highest BCUT2D eigenvalue weighted by atomic mass is 35.5. The van der Waals surface area contributed by atoms with Crippen LogP contribution in [0.15, 0.2) is 48.5 Å². The second-order valence-electron chi connectivity index (χ2n) is 8.96. The SMILES string of the molecule is OC(CNC1CCC(NCC(O)COCc2ccc(Cl)cc2)CC1)COCc1ccc(Cl)cc1. The van der Waals surface area contributed by atoms with E-state index in [-0.39, 0.29) is 0 Å². The van der Waals surface area contributed by atoms with Crippen molar-refractivity contribution < 1.29 is 19.7 Å². The lowest BCUT2D eigenvalue weighted by Crippen LogP contribution is -2.44. The molecular weight excluding hydrogens is 475 g/mol. The predicted octanol–water partition coefficient (Wildman–Crippen LogP) is 3.94. The quantitative estimate of drug-likeness (QED) is 0.308. The van der Waals surface area contributed by atoms with E-state index in [9.17, 15) is 10.2 Å². The summed E-state index contributed by atoms with van der Waals surface area (Å²) in [6.45, 7) is 2.56. The molecule has 0 bridgehead atoms. The van der Waals surface area contributed by atoms with Gasteiger partial charge in [-0.05, 0) is 61.1 Å². The number of benzene rings is 2. The van der Waals surface area contributed by atoms with E-state index in [1.807, 2.05) is 48.5 Å². The maximum absolute atomic E-state index is 10.2. The molecule has 3 rings (SSSR count). The molecule has 2 atom stereocenters. The highest BCUT2D eigenvalue weighted by Gasteiger charge is 2.21. The van der Waals surface area contributed by atoms with Gasteiger partial charge in [-0.1, -0.05) is 47.5 Å². The largest absolute Gasteiger partial charge is 0.389 e. The summed E-state index contributed by atoms with van der Waals surface area (Å²) in [6, 6.07) is 15.8. The number of halogens is 2. The Kier molecular flexibility index (Phi) is 12.1. The molecule has 0 radical (unpaired) electrons. The summed E-state index contributed by atoms with van der Waals surface area (Å²) in [5, 5.41) is 28.7. The molecule has 1 aliphatic carbocycles. The van der Waals surface area contributed by atoms with E-state index in [0.717, 1.165) is 36.8 Å². The highest BCUT2D eigenvalue weighted by molar-refractivity contribution is 6.30. The molecule has 0 saturated heterocycles. The number of ether oxygens (including phenoxy) is 2. The van der Waals surface area contributed by atoms with Gasteiger partial charge >= 0.3 is 0 Å². The number of hydrogen-bond acceptors (Lipinski definition) is 6. The normalized spacial score (nSPS) is 20.2. The Morgan fingerprint density at radius 2 is 1.03 bits per heavy atom.